The highest BCUT2D eigenvalue weighted by Crippen LogP contribution is 2.43. The largest absolute Gasteiger partial charge is 0.508 e. The molecule has 2 aromatic carbocycles. The lowest BCUT2D eigenvalue weighted by atomic mass is 9.85. The molecule has 0 aromatic heterocycles. The Kier molecular flexibility index (Phi) is 5.23. The first kappa shape index (κ1) is 17.5. The summed E-state index contributed by atoms with van der Waals surface area (Å²) in [5.74, 6) is 0.770. The van der Waals surface area contributed by atoms with E-state index in [4.69, 9.17) is 0 Å². The zero-order chi connectivity index (χ0) is 17.9. The summed E-state index contributed by atoms with van der Waals surface area (Å²) in [6, 6.07) is 15.9. The van der Waals surface area contributed by atoms with E-state index in [0.29, 0.717) is 30.3 Å². The van der Waals surface area contributed by atoms with Gasteiger partial charge in [-0.15, -0.1) is 0 Å². The maximum atomic E-state index is 13.2. The summed E-state index contributed by atoms with van der Waals surface area (Å²) in [5, 5.41) is 13.2. The van der Waals surface area contributed by atoms with Gasteiger partial charge in [-0.1, -0.05) is 24.3 Å². The first-order valence-electron chi connectivity index (χ1n) is 9.69. The maximum absolute atomic E-state index is 13.2. The minimum Gasteiger partial charge on any atom is -0.508 e. The molecule has 0 spiro atoms. The standard InChI is InChI=1S/C22H27FN2O/c23-19-5-1-3-16(11-19)15-24-9-10-25-20-7-8-21(25)13-18(12-20)17-4-2-6-22(26)14-17/h1-6,11,14,18,20-21,24,26H,7-10,12-13,15H2/t18-,20+,21-. The van der Waals surface area contributed by atoms with Crippen LogP contribution in [0, 0.1) is 5.82 Å². The number of nitrogens with zero attached hydrogens (tertiary/aromatic N) is 1. The number of phenols is 1. The van der Waals surface area contributed by atoms with E-state index in [1.165, 1.54) is 37.3 Å². The van der Waals surface area contributed by atoms with Gasteiger partial charge in [0, 0.05) is 31.7 Å². The first-order valence-corrected chi connectivity index (χ1v) is 9.69. The Morgan fingerprint density at radius 1 is 1.04 bits per heavy atom. The van der Waals surface area contributed by atoms with Crippen molar-refractivity contribution in [2.24, 2.45) is 0 Å². The van der Waals surface area contributed by atoms with Crippen LogP contribution in [0.5, 0.6) is 5.75 Å². The molecule has 2 saturated heterocycles. The zero-order valence-corrected chi connectivity index (χ0v) is 15.1. The molecule has 3 atom stereocenters. The molecule has 2 aliphatic heterocycles. The quantitative estimate of drug-likeness (QED) is 0.769. The van der Waals surface area contributed by atoms with Crippen LogP contribution in [0.1, 0.15) is 42.7 Å². The predicted molar refractivity (Wildman–Crippen MR) is 102 cm³/mol. The molecule has 2 aromatic rings. The summed E-state index contributed by atoms with van der Waals surface area (Å²) in [4.78, 5) is 2.66. The van der Waals surface area contributed by atoms with Crippen molar-refractivity contribution in [3.8, 4) is 5.75 Å². The van der Waals surface area contributed by atoms with Crippen LogP contribution in [0.15, 0.2) is 48.5 Å². The van der Waals surface area contributed by atoms with Gasteiger partial charge in [0.15, 0.2) is 0 Å². The maximum Gasteiger partial charge on any atom is 0.123 e. The highest BCUT2D eigenvalue weighted by molar-refractivity contribution is 5.30. The van der Waals surface area contributed by atoms with Crippen molar-refractivity contribution in [2.45, 2.75) is 50.2 Å². The summed E-state index contributed by atoms with van der Waals surface area (Å²) in [5.41, 5.74) is 2.28. The summed E-state index contributed by atoms with van der Waals surface area (Å²) in [6.45, 7) is 2.70. The van der Waals surface area contributed by atoms with Crippen LogP contribution in [-0.2, 0) is 6.54 Å². The average Bonchev–Trinajstić information content (AvgIpc) is 2.86. The van der Waals surface area contributed by atoms with Crippen LogP contribution in [-0.4, -0.2) is 35.2 Å². The molecule has 3 nitrogen and oxygen atoms in total. The van der Waals surface area contributed by atoms with Gasteiger partial charge < -0.3 is 10.4 Å². The molecule has 2 aliphatic rings. The average molecular weight is 354 g/mol. The first-order chi connectivity index (χ1) is 12.7. The Morgan fingerprint density at radius 3 is 2.54 bits per heavy atom. The topological polar surface area (TPSA) is 35.5 Å². The molecule has 0 aliphatic carbocycles. The lowest BCUT2D eigenvalue weighted by Crippen LogP contribution is -2.45. The van der Waals surface area contributed by atoms with Crippen LogP contribution >= 0.6 is 0 Å². The number of benzene rings is 2. The fourth-order valence-electron chi connectivity index (χ4n) is 4.78. The highest BCUT2D eigenvalue weighted by atomic mass is 19.1. The van der Waals surface area contributed by atoms with Crippen molar-refractivity contribution in [3.05, 3.63) is 65.5 Å². The number of halogens is 1. The van der Waals surface area contributed by atoms with Crippen molar-refractivity contribution >= 4 is 0 Å². The Labute approximate surface area is 154 Å². The van der Waals surface area contributed by atoms with Gasteiger partial charge in [-0.3, -0.25) is 4.90 Å². The molecule has 4 rings (SSSR count). The number of piperidine rings is 1. The second-order valence-corrected chi connectivity index (χ2v) is 7.69. The molecule has 0 unspecified atom stereocenters. The number of fused-ring (bicyclic) bond motifs is 2. The van der Waals surface area contributed by atoms with Gasteiger partial charge in [-0.25, -0.2) is 4.39 Å². The van der Waals surface area contributed by atoms with Gasteiger partial charge in [0.1, 0.15) is 11.6 Å². The number of hydrogen-bond donors (Lipinski definition) is 2. The number of hydrogen-bond acceptors (Lipinski definition) is 3. The fourth-order valence-corrected chi connectivity index (χ4v) is 4.78. The Balaban J connectivity index is 1.28. The van der Waals surface area contributed by atoms with Crippen molar-refractivity contribution in [2.75, 3.05) is 13.1 Å². The molecule has 0 amide bonds. The molecule has 2 fully saturated rings. The minimum absolute atomic E-state index is 0.170. The number of nitrogens with one attached hydrogen (secondary N) is 1. The Bertz CT molecular complexity index is 736. The van der Waals surface area contributed by atoms with Crippen LogP contribution < -0.4 is 5.32 Å². The lowest BCUT2D eigenvalue weighted by Gasteiger charge is -2.39. The molecular formula is C22H27FN2O. The third-order valence-electron chi connectivity index (χ3n) is 5.99. The summed E-state index contributed by atoms with van der Waals surface area (Å²) < 4.78 is 13.2. The van der Waals surface area contributed by atoms with Crippen LogP contribution in [0.4, 0.5) is 4.39 Å². The predicted octanol–water partition coefficient (Wildman–Crippen LogP) is 4.03. The van der Waals surface area contributed by atoms with E-state index in [-0.39, 0.29) is 5.82 Å². The normalized spacial score (nSPS) is 25.5. The lowest BCUT2D eigenvalue weighted by molar-refractivity contribution is 0.127. The van der Waals surface area contributed by atoms with E-state index in [2.05, 4.69) is 16.3 Å². The van der Waals surface area contributed by atoms with Crippen molar-refractivity contribution in [1.82, 2.24) is 10.2 Å². The van der Waals surface area contributed by atoms with E-state index < -0.39 is 0 Å². The molecule has 0 saturated carbocycles. The van der Waals surface area contributed by atoms with Crippen molar-refractivity contribution < 1.29 is 9.50 Å². The third kappa shape index (κ3) is 3.92. The molecule has 26 heavy (non-hydrogen) atoms. The molecule has 2 N–H and O–H groups in total. The van der Waals surface area contributed by atoms with Crippen LogP contribution in [0.3, 0.4) is 0 Å². The van der Waals surface area contributed by atoms with Gasteiger partial charge in [0.2, 0.25) is 0 Å². The molecule has 4 heteroatoms. The van der Waals surface area contributed by atoms with Crippen molar-refractivity contribution in [1.29, 1.82) is 0 Å². The summed E-state index contributed by atoms with van der Waals surface area (Å²) in [6.07, 6.45) is 4.93. The van der Waals surface area contributed by atoms with Crippen molar-refractivity contribution in [3.63, 3.8) is 0 Å². The summed E-state index contributed by atoms with van der Waals surface area (Å²) in [7, 11) is 0. The van der Waals surface area contributed by atoms with Gasteiger partial charge in [0.25, 0.3) is 0 Å². The highest BCUT2D eigenvalue weighted by Gasteiger charge is 2.40. The number of aromatic hydroxyl groups is 1. The Morgan fingerprint density at radius 2 is 1.81 bits per heavy atom. The van der Waals surface area contributed by atoms with E-state index in [1.54, 1.807) is 18.2 Å². The molecular weight excluding hydrogens is 327 g/mol. The minimum atomic E-state index is -0.170. The van der Waals surface area contributed by atoms with Gasteiger partial charge in [-0.05, 0) is 67.0 Å². The zero-order valence-electron chi connectivity index (χ0n) is 15.1. The fraction of sp³-hybridized carbons (Fsp3) is 0.455. The monoisotopic (exact) mass is 354 g/mol. The number of rotatable bonds is 6. The summed E-state index contributed by atoms with van der Waals surface area (Å²) >= 11 is 0. The SMILES string of the molecule is Oc1cccc([C@H]2C[C@H]3CC[C@@H](C2)N3CCNCc2cccc(F)c2)c1. The number of phenolic OH excluding ortho intramolecular Hbond substituents is 1. The molecule has 2 bridgehead atoms. The van der Waals surface area contributed by atoms with Crippen LogP contribution in [0.25, 0.3) is 0 Å². The second-order valence-electron chi connectivity index (χ2n) is 7.69. The van der Waals surface area contributed by atoms with Gasteiger partial charge in [0.05, 0.1) is 0 Å². The van der Waals surface area contributed by atoms with E-state index >= 15 is 0 Å². The van der Waals surface area contributed by atoms with E-state index in [0.717, 1.165) is 18.7 Å². The van der Waals surface area contributed by atoms with Gasteiger partial charge >= 0.3 is 0 Å². The molecule has 2 heterocycles. The van der Waals surface area contributed by atoms with E-state index in [9.17, 15) is 9.50 Å². The third-order valence-corrected chi connectivity index (χ3v) is 5.99. The molecule has 138 valence electrons. The van der Waals surface area contributed by atoms with E-state index in [1.807, 2.05) is 18.2 Å². The van der Waals surface area contributed by atoms with Gasteiger partial charge in [-0.2, -0.15) is 0 Å². The Hall–Kier alpha value is -1.91. The second kappa shape index (κ2) is 7.77. The molecule has 0 radical (unpaired) electrons. The van der Waals surface area contributed by atoms with Crippen LogP contribution in [0.2, 0.25) is 0 Å². The smallest absolute Gasteiger partial charge is 0.123 e.